The average molecular weight is 349 g/mol. The highest BCUT2D eigenvalue weighted by molar-refractivity contribution is 5.20. The summed E-state index contributed by atoms with van der Waals surface area (Å²) in [6, 6.07) is 10.1. The minimum Gasteiger partial charge on any atom is -0.494 e. The summed E-state index contributed by atoms with van der Waals surface area (Å²) in [5.41, 5.74) is 0. The van der Waals surface area contributed by atoms with Gasteiger partial charge in [0.1, 0.15) is 5.75 Å². The molecule has 1 heterocycles. The van der Waals surface area contributed by atoms with Gasteiger partial charge in [-0.2, -0.15) is 0 Å². The molecule has 3 heteroatoms. The maximum absolute atomic E-state index is 5.76. The maximum Gasteiger partial charge on any atom is 0.157 e. The van der Waals surface area contributed by atoms with E-state index in [9.17, 15) is 0 Å². The molecule has 0 radical (unpaired) electrons. The van der Waals surface area contributed by atoms with Gasteiger partial charge in [0.15, 0.2) is 6.29 Å². The van der Waals surface area contributed by atoms with Crippen molar-refractivity contribution in [2.75, 3.05) is 19.8 Å². The molecule has 0 aliphatic carbocycles. The Morgan fingerprint density at radius 3 is 2.04 bits per heavy atom. The van der Waals surface area contributed by atoms with E-state index in [0.717, 1.165) is 38.4 Å². The first-order chi connectivity index (χ1) is 12.4. The predicted octanol–water partition coefficient (Wildman–Crippen LogP) is 6.12. The van der Waals surface area contributed by atoms with Gasteiger partial charge in [-0.15, -0.1) is 0 Å². The highest BCUT2D eigenvalue weighted by Gasteiger charge is 2.13. The molecule has 142 valence electrons. The Labute approximate surface area is 154 Å². The third-order valence-electron chi connectivity index (χ3n) is 4.74. The minimum absolute atomic E-state index is 0.0830. The van der Waals surface area contributed by atoms with Crippen LogP contribution in [0.15, 0.2) is 30.3 Å². The number of hydrogen-bond acceptors (Lipinski definition) is 3. The number of hydrogen-bond donors (Lipinski definition) is 0. The van der Waals surface area contributed by atoms with E-state index in [4.69, 9.17) is 14.2 Å². The lowest BCUT2D eigenvalue weighted by Gasteiger charge is -2.22. The molecule has 1 fully saturated rings. The Kier molecular flexibility index (Phi) is 11.5. The van der Waals surface area contributed by atoms with Gasteiger partial charge < -0.3 is 14.2 Å². The molecule has 1 aromatic rings. The lowest BCUT2D eigenvalue weighted by atomic mass is 10.1. The fourth-order valence-corrected chi connectivity index (χ4v) is 3.21. The summed E-state index contributed by atoms with van der Waals surface area (Å²) in [7, 11) is 0. The predicted molar refractivity (Wildman–Crippen MR) is 103 cm³/mol. The van der Waals surface area contributed by atoms with Crippen LogP contribution in [0, 0.1) is 0 Å². The molecule has 0 aromatic heterocycles. The molecule has 2 rings (SSSR count). The molecule has 0 bridgehead atoms. The zero-order valence-electron chi connectivity index (χ0n) is 15.8. The zero-order chi connectivity index (χ0) is 17.4. The fraction of sp³-hybridized carbons (Fsp3) is 0.727. The third-order valence-corrected chi connectivity index (χ3v) is 4.74. The summed E-state index contributed by atoms with van der Waals surface area (Å²) in [5.74, 6) is 0.988. The van der Waals surface area contributed by atoms with Gasteiger partial charge in [0.2, 0.25) is 0 Å². The molecule has 1 aromatic carbocycles. The molecule has 0 saturated carbocycles. The van der Waals surface area contributed by atoms with E-state index in [1.165, 1.54) is 64.2 Å². The van der Waals surface area contributed by atoms with Crippen LogP contribution in [0.1, 0.15) is 77.0 Å². The summed E-state index contributed by atoms with van der Waals surface area (Å²) >= 11 is 0. The van der Waals surface area contributed by atoms with Crippen molar-refractivity contribution in [3.8, 4) is 5.75 Å². The van der Waals surface area contributed by atoms with Crippen LogP contribution >= 0.6 is 0 Å². The van der Waals surface area contributed by atoms with Gasteiger partial charge in [-0.25, -0.2) is 0 Å². The summed E-state index contributed by atoms with van der Waals surface area (Å²) in [6.45, 7) is 2.59. The van der Waals surface area contributed by atoms with Gasteiger partial charge in [-0.05, 0) is 44.2 Å². The van der Waals surface area contributed by atoms with Crippen molar-refractivity contribution in [2.45, 2.75) is 83.3 Å². The maximum atomic E-state index is 5.76. The van der Waals surface area contributed by atoms with Crippen molar-refractivity contribution >= 4 is 0 Å². The highest BCUT2D eigenvalue weighted by atomic mass is 16.7. The third kappa shape index (κ3) is 10.5. The van der Waals surface area contributed by atoms with Crippen LogP contribution in [0.4, 0.5) is 0 Å². The van der Waals surface area contributed by atoms with Crippen molar-refractivity contribution in [3.63, 3.8) is 0 Å². The Balaban J connectivity index is 1.27. The standard InChI is InChI=1S/C22H36O3/c1(2-4-6-12-18-23-21-15-9-8-10-16-21)3-5-7-13-19-24-22-17-11-14-20-25-22/h8-10,15-16,22H,1-7,11-14,17-20H2. The Bertz CT molecular complexity index is 401. The Morgan fingerprint density at radius 1 is 0.760 bits per heavy atom. The second kappa shape index (κ2) is 14.1. The molecule has 0 N–H and O–H groups in total. The lowest BCUT2D eigenvalue weighted by molar-refractivity contribution is -0.162. The van der Waals surface area contributed by atoms with Crippen LogP contribution in [0.2, 0.25) is 0 Å². The van der Waals surface area contributed by atoms with Gasteiger partial charge in [-0.3, -0.25) is 0 Å². The van der Waals surface area contributed by atoms with E-state index in [-0.39, 0.29) is 6.29 Å². The summed E-state index contributed by atoms with van der Waals surface area (Å²) in [4.78, 5) is 0. The van der Waals surface area contributed by atoms with E-state index in [0.29, 0.717) is 0 Å². The van der Waals surface area contributed by atoms with Gasteiger partial charge >= 0.3 is 0 Å². The molecular formula is C22H36O3. The molecule has 3 nitrogen and oxygen atoms in total. The van der Waals surface area contributed by atoms with Crippen LogP contribution in [0.25, 0.3) is 0 Å². The van der Waals surface area contributed by atoms with E-state index in [1.54, 1.807) is 0 Å². The van der Waals surface area contributed by atoms with Crippen molar-refractivity contribution in [3.05, 3.63) is 30.3 Å². The minimum atomic E-state index is 0.0830. The molecule has 1 aliphatic rings. The van der Waals surface area contributed by atoms with Crippen LogP contribution < -0.4 is 4.74 Å². The highest BCUT2D eigenvalue weighted by Crippen LogP contribution is 2.15. The number of para-hydroxylation sites is 1. The normalized spacial score (nSPS) is 17.5. The Hall–Kier alpha value is -1.06. The van der Waals surface area contributed by atoms with Crippen molar-refractivity contribution in [1.82, 2.24) is 0 Å². The first kappa shape index (κ1) is 20.3. The monoisotopic (exact) mass is 348 g/mol. The van der Waals surface area contributed by atoms with Crippen molar-refractivity contribution in [2.24, 2.45) is 0 Å². The number of rotatable bonds is 14. The smallest absolute Gasteiger partial charge is 0.157 e. The van der Waals surface area contributed by atoms with Crippen molar-refractivity contribution in [1.29, 1.82) is 0 Å². The molecule has 1 atom stereocenters. The average Bonchev–Trinajstić information content (AvgIpc) is 2.67. The molecular weight excluding hydrogens is 312 g/mol. The first-order valence-corrected chi connectivity index (χ1v) is 10.4. The van der Waals surface area contributed by atoms with Gasteiger partial charge in [0.05, 0.1) is 6.61 Å². The second-order valence-corrected chi connectivity index (χ2v) is 7.01. The second-order valence-electron chi connectivity index (χ2n) is 7.01. The Morgan fingerprint density at radius 2 is 1.40 bits per heavy atom. The fourth-order valence-electron chi connectivity index (χ4n) is 3.21. The molecule has 0 spiro atoms. The van der Waals surface area contributed by atoms with E-state index in [2.05, 4.69) is 0 Å². The zero-order valence-corrected chi connectivity index (χ0v) is 15.8. The van der Waals surface area contributed by atoms with E-state index >= 15 is 0 Å². The van der Waals surface area contributed by atoms with Crippen LogP contribution in [-0.2, 0) is 9.47 Å². The van der Waals surface area contributed by atoms with Crippen LogP contribution in [0.3, 0.4) is 0 Å². The van der Waals surface area contributed by atoms with Gasteiger partial charge in [0.25, 0.3) is 0 Å². The van der Waals surface area contributed by atoms with Crippen LogP contribution in [0.5, 0.6) is 5.75 Å². The lowest BCUT2D eigenvalue weighted by Crippen LogP contribution is -2.22. The molecule has 1 aliphatic heterocycles. The van der Waals surface area contributed by atoms with Gasteiger partial charge in [0, 0.05) is 13.2 Å². The SMILES string of the molecule is c1ccc(OCCCCCCCCCCCOC2CCCCO2)cc1. The van der Waals surface area contributed by atoms with Gasteiger partial charge in [-0.1, -0.05) is 63.1 Å². The number of ether oxygens (including phenoxy) is 3. The molecule has 25 heavy (non-hydrogen) atoms. The molecule has 1 unspecified atom stereocenters. The number of unbranched alkanes of at least 4 members (excludes halogenated alkanes) is 8. The molecule has 1 saturated heterocycles. The first-order valence-electron chi connectivity index (χ1n) is 10.4. The van der Waals surface area contributed by atoms with E-state index in [1.807, 2.05) is 30.3 Å². The summed E-state index contributed by atoms with van der Waals surface area (Å²) in [6.07, 6.45) is 15.3. The van der Waals surface area contributed by atoms with Crippen LogP contribution in [-0.4, -0.2) is 26.1 Å². The topological polar surface area (TPSA) is 27.7 Å². The quantitative estimate of drug-likeness (QED) is 0.379. The summed E-state index contributed by atoms with van der Waals surface area (Å²) in [5, 5.41) is 0. The van der Waals surface area contributed by atoms with Crippen molar-refractivity contribution < 1.29 is 14.2 Å². The largest absolute Gasteiger partial charge is 0.494 e. The molecule has 0 amide bonds. The number of benzene rings is 1. The van der Waals surface area contributed by atoms with E-state index < -0.39 is 0 Å². The summed E-state index contributed by atoms with van der Waals surface area (Å²) < 4.78 is 17.0.